The molecule has 21 heavy (non-hydrogen) atoms. The minimum atomic E-state index is -0.537. The van der Waals surface area contributed by atoms with E-state index in [1.807, 2.05) is 38.1 Å². The third-order valence-corrected chi connectivity index (χ3v) is 3.00. The third kappa shape index (κ3) is 3.08. The molecule has 0 fully saturated rings. The van der Waals surface area contributed by atoms with Crippen LogP contribution in [0.15, 0.2) is 30.3 Å². The number of anilines is 1. The maximum atomic E-state index is 11.9. The van der Waals surface area contributed by atoms with Crippen molar-refractivity contribution >= 4 is 17.9 Å². The van der Waals surface area contributed by atoms with Crippen molar-refractivity contribution in [1.82, 2.24) is 9.97 Å². The second kappa shape index (κ2) is 6.17. The second-order valence-corrected chi connectivity index (χ2v) is 4.55. The third-order valence-electron chi connectivity index (χ3n) is 3.00. The van der Waals surface area contributed by atoms with Gasteiger partial charge in [-0.1, -0.05) is 42.0 Å². The van der Waals surface area contributed by atoms with Crippen LogP contribution in [-0.4, -0.2) is 23.0 Å². The molecule has 0 aliphatic carbocycles. The molecule has 0 unspecified atom stereocenters. The maximum Gasteiger partial charge on any atom is 0.357 e. The Hall–Kier alpha value is -2.69. The second-order valence-electron chi connectivity index (χ2n) is 4.55. The van der Waals surface area contributed by atoms with Gasteiger partial charge in [-0.05, 0) is 13.8 Å². The molecule has 0 spiro atoms. The summed E-state index contributed by atoms with van der Waals surface area (Å²) in [5.74, 6) is 0.116. The van der Waals surface area contributed by atoms with Gasteiger partial charge in [0.05, 0.1) is 7.11 Å². The van der Waals surface area contributed by atoms with E-state index in [1.165, 1.54) is 7.11 Å². The largest absolute Gasteiger partial charge is 0.464 e. The van der Waals surface area contributed by atoms with Crippen LogP contribution in [0.2, 0.25) is 0 Å². The lowest BCUT2D eigenvalue weighted by Crippen LogP contribution is -2.12. The Morgan fingerprint density at radius 1 is 1.24 bits per heavy atom. The van der Waals surface area contributed by atoms with Gasteiger partial charge in [-0.25, -0.2) is 14.8 Å². The van der Waals surface area contributed by atoms with E-state index < -0.39 is 5.97 Å². The van der Waals surface area contributed by atoms with Gasteiger partial charge in [0, 0.05) is 11.1 Å². The average molecular weight is 283 g/mol. The van der Waals surface area contributed by atoms with E-state index in [0.717, 1.165) is 11.1 Å². The monoisotopic (exact) mass is 283 g/mol. The van der Waals surface area contributed by atoms with Gasteiger partial charge in [-0.15, -0.1) is 0 Å². The molecule has 1 aromatic carbocycles. The molecular weight excluding hydrogens is 266 g/mol. The van der Waals surface area contributed by atoms with Crippen LogP contribution < -0.4 is 5.73 Å². The van der Waals surface area contributed by atoms with Crippen molar-refractivity contribution in [3.8, 4) is 11.4 Å². The van der Waals surface area contributed by atoms with Gasteiger partial charge in [0.15, 0.2) is 11.5 Å². The van der Waals surface area contributed by atoms with Gasteiger partial charge >= 0.3 is 5.97 Å². The zero-order valence-corrected chi connectivity index (χ0v) is 12.3. The number of benzene rings is 1. The van der Waals surface area contributed by atoms with E-state index >= 15 is 0 Å². The van der Waals surface area contributed by atoms with E-state index in [4.69, 9.17) is 10.5 Å². The van der Waals surface area contributed by atoms with Crippen molar-refractivity contribution in [2.45, 2.75) is 13.8 Å². The number of hydrogen-bond donors (Lipinski definition) is 1. The molecule has 2 N–H and O–H groups in total. The zero-order valence-electron chi connectivity index (χ0n) is 12.3. The molecule has 0 atom stereocenters. The normalized spacial score (nSPS) is 10.8. The summed E-state index contributed by atoms with van der Waals surface area (Å²) < 4.78 is 4.77. The van der Waals surface area contributed by atoms with Crippen molar-refractivity contribution < 1.29 is 9.53 Å². The van der Waals surface area contributed by atoms with Gasteiger partial charge in [0.1, 0.15) is 5.82 Å². The molecule has 108 valence electrons. The van der Waals surface area contributed by atoms with Crippen molar-refractivity contribution in [1.29, 1.82) is 0 Å². The van der Waals surface area contributed by atoms with E-state index in [2.05, 4.69) is 9.97 Å². The minimum Gasteiger partial charge on any atom is -0.464 e. The molecule has 0 amide bonds. The summed E-state index contributed by atoms with van der Waals surface area (Å²) in [7, 11) is 1.31. The molecule has 2 rings (SSSR count). The smallest absolute Gasteiger partial charge is 0.357 e. The fourth-order valence-corrected chi connectivity index (χ4v) is 1.90. The number of aryl methyl sites for hydroxylation is 1. The molecule has 5 nitrogen and oxygen atoms in total. The number of methoxy groups -OCH3 is 1. The number of nitrogen functional groups attached to an aromatic ring is 1. The highest BCUT2D eigenvalue weighted by molar-refractivity contribution is 5.94. The van der Waals surface area contributed by atoms with Crippen LogP contribution in [0.3, 0.4) is 0 Å². The van der Waals surface area contributed by atoms with Crippen LogP contribution in [0, 0.1) is 6.92 Å². The van der Waals surface area contributed by atoms with Gasteiger partial charge in [-0.2, -0.15) is 0 Å². The van der Waals surface area contributed by atoms with Gasteiger partial charge in [0.2, 0.25) is 0 Å². The maximum absolute atomic E-state index is 11.9. The number of nitrogens with two attached hydrogens (primary N) is 1. The number of rotatable bonds is 3. The number of allylic oxidation sites excluding steroid dienone is 1. The van der Waals surface area contributed by atoms with Crippen molar-refractivity contribution in [2.24, 2.45) is 0 Å². The minimum absolute atomic E-state index is 0.165. The lowest BCUT2D eigenvalue weighted by Gasteiger charge is -2.09. The predicted molar refractivity (Wildman–Crippen MR) is 82.7 cm³/mol. The van der Waals surface area contributed by atoms with Crippen molar-refractivity contribution in [3.05, 3.63) is 47.2 Å². The van der Waals surface area contributed by atoms with E-state index in [9.17, 15) is 4.79 Å². The first-order valence-electron chi connectivity index (χ1n) is 6.52. The first kappa shape index (κ1) is 14.7. The Labute approximate surface area is 123 Å². The van der Waals surface area contributed by atoms with Crippen LogP contribution in [0.5, 0.6) is 0 Å². The van der Waals surface area contributed by atoms with Crippen LogP contribution in [-0.2, 0) is 4.74 Å². The van der Waals surface area contributed by atoms with Gasteiger partial charge < -0.3 is 10.5 Å². The number of aromatic nitrogens is 2. The average Bonchev–Trinajstić information content (AvgIpc) is 2.49. The number of hydrogen-bond acceptors (Lipinski definition) is 5. The molecule has 0 aliphatic heterocycles. The fourth-order valence-electron chi connectivity index (χ4n) is 1.90. The summed E-state index contributed by atoms with van der Waals surface area (Å²) in [6.45, 7) is 3.82. The highest BCUT2D eigenvalue weighted by atomic mass is 16.5. The fraction of sp³-hybridized carbons (Fsp3) is 0.188. The number of carbonyl (C=O) groups is 1. The molecule has 1 heterocycles. The Kier molecular flexibility index (Phi) is 4.33. The molecule has 0 saturated heterocycles. The first-order chi connectivity index (χ1) is 10.1. The Morgan fingerprint density at radius 2 is 1.90 bits per heavy atom. The van der Waals surface area contributed by atoms with Crippen LogP contribution >= 0.6 is 0 Å². The first-order valence-corrected chi connectivity index (χ1v) is 6.52. The zero-order chi connectivity index (χ0) is 15.4. The lowest BCUT2D eigenvalue weighted by molar-refractivity contribution is 0.0594. The summed E-state index contributed by atoms with van der Waals surface area (Å²) in [6, 6.07) is 7.68. The molecule has 5 heteroatoms. The van der Waals surface area contributed by atoms with Gasteiger partial charge in [0.25, 0.3) is 0 Å². The Balaban J connectivity index is 2.62. The highest BCUT2D eigenvalue weighted by Crippen LogP contribution is 2.22. The molecule has 0 bridgehead atoms. The number of ether oxygens (including phenoxy) is 1. The number of carbonyl (C=O) groups excluding carboxylic acids is 1. The number of nitrogens with zero attached hydrogens (tertiary/aromatic N) is 2. The summed E-state index contributed by atoms with van der Waals surface area (Å²) in [4.78, 5) is 20.5. The van der Waals surface area contributed by atoms with Crippen LogP contribution in [0.25, 0.3) is 17.5 Å². The SMILES string of the molecule is C/C=C/c1c(N)nc(-c2ccc(C)cc2)nc1C(=O)OC. The van der Waals surface area contributed by atoms with E-state index in [0.29, 0.717) is 11.4 Å². The Bertz CT molecular complexity index is 691. The van der Waals surface area contributed by atoms with E-state index in [-0.39, 0.29) is 11.5 Å². The van der Waals surface area contributed by atoms with Crippen molar-refractivity contribution in [3.63, 3.8) is 0 Å². The molecule has 0 radical (unpaired) electrons. The summed E-state index contributed by atoms with van der Waals surface area (Å²) >= 11 is 0. The molecule has 0 saturated carbocycles. The van der Waals surface area contributed by atoms with Crippen LogP contribution in [0.4, 0.5) is 5.82 Å². The lowest BCUT2D eigenvalue weighted by atomic mass is 10.1. The molecule has 1 aromatic heterocycles. The Morgan fingerprint density at radius 3 is 2.48 bits per heavy atom. The summed E-state index contributed by atoms with van der Waals surface area (Å²) in [6.07, 6.45) is 3.47. The highest BCUT2D eigenvalue weighted by Gasteiger charge is 2.18. The molecule has 2 aromatic rings. The summed E-state index contributed by atoms with van der Waals surface area (Å²) in [5.41, 5.74) is 8.52. The van der Waals surface area contributed by atoms with E-state index in [1.54, 1.807) is 12.2 Å². The standard InChI is InChI=1S/C16H17N3O2/c1-4-5-12-13(16(20)21-3)18-15(19-14(12)17)11-8-6-10(2)7-9-11/h4-9H,1-3H3,(H2,17,18,19)/b5-4+. The van der Waals surface area contributed by atoms with Crippen LogP contribution in [0.1, 0.15) is 28.5 Å². The quantitative estimate of drug-likeness (QED) is 0.876. The van der Waals surface area contributed by atoms with Crippen molar-refractivity contribution in [2.75, 3.05) is 12.8 Å². The molecule has 0 aliphatic rings. The van der Waals surface area contributed by atoms with Gasteiger partial charge in [-0.3, -0.25) is 0 Å². The topological polar surface area (TPSA) is 78.1 Å². The number of esters is 1. The summed E-state index contributed by atoms with van der Waals surface area (Å²) in [5, 5.41) is 0. The predicted octanol–water partition coefficient (Wildman–Crippen LogP) is 2.85. The molecular formula is C16H17N3O2.